The Hall–Kier alpha value is -1.98. The van der Waals surface area contributed by atoms with E-state index in [1.807, 2.05) is 12.1 Å². The van der Waals surface area contributed by atoms with Crippen LogP contribution < -0.4 is 0 Å². The van der Waals surface area contributed by atoms with Gasteiger partial charge in [-0.15, -0.1) is 0 Å². The lowest BCUT2D eigenvalue weighted by Crippen LogP contribution is -2.31. The van der Waals surface area contributed by atoms with Gasteiger partial charge in [0.05, 0.1) is 5.69 Å². The second-order valence-electron chi connectivity index (χ2n) is 4.64. The highest BCUT2D eigenvalue weighted by Gasteiger charge is 2.27. The van der Waals surface area contributed by atoms with Crippen LogP contribution in [0.5, 0.6) is 0 Å². The first-order valence-electron chi connectivity index (χ1n) is 6.27. The summed E-state index contributed by atoms with van der Waals surface area (Å²) in [4.78, 5) is 17.3. The van der Waals surface area contributed by atoms with Crippen molar-refractivity contribution in [2.75, 3.05) is 7.05 Å². The Kier molecular flexibility index (Phi) is 4.88. The van der Waals surface area contributed by atoms with Gasteiger partial charge in [0.15, 0.2) is 0 Å². The summed E-state index contributed by atoms with van der Waals surface area (Å²) in [5, 5.41) is 9.55. The van der Waals surface area contributed by atoms with Gasteiger partial charge in [0.25, 0.3) is 0 Å². The number of hydrogen-bond acceptors (Lipinski definition) is 3. The van der Waals surface area contributed by atoms with E-state index in [1.54, 1.807) is 24.2 Å². The third-order valence-corrected chi connectivity index (χ3v) is 3.40. The summed E-state index contributed by atoms with van der Waals surface area (Å²) in [6.45, 7) is 0.339. The summed E-state index contributed by atoms with van der Waals surface area (Å²) in [6, 6.07) is 8.16. The van der Waals surface area contributed by atoms with E-state index in [0.29, 0.717) is 12.1 Å². The summed E-state index contributed by atoms with van der Waals surface area (Å²) < 4.78 is 13.1. The topological polar surface area (TPSA) is 53.4 Å². The predicted octanol–water partition coefficient (Wildman–Crippen LogP) is 3.13. The van der Waals surface area contributed by atoms with Gasteiger partial charge in [-0.1, -0.05) is 23.7 Å². The van der Waals surface area contributed by atoms with Crippen LogP contribution in [0.15, 0.2) is 42.6 Å². The average Bonchev–Trinajstić information content (AvgIpc) is 2.42. The van der Waals surface area contributed by atoms with E-state index in [2.05, 4.69) is 4.98 Å². The van der Waals surface area contributed by atoms with E-state index in [1.165, 1.54) is 12.1 Å². The van der Waals surface area contributed by atoms with E-state index in [0.717, 1.165) is 11.8 Å². The van der Waals surface area contributed by atoms with Gasteiger partial charge < -0.3 is 5.11 Å². The van der Waals surface area contributed by atoms with Crippen LogP contribution in [0.4, 0.5) is 4.39 Å². The maximum Gasteiger partial charge on any atom is 0.325 e. The minimum atomic E-state index is -1.05. The van der Waals surface area contributed by atoms with Crippen molar-refractivity contribution in [2.45, 2.75) is 12.6 Å². The van der Waals surface area contributed by atoms with Gasteiger partial charge in [-0.3, -0.25) is 14.7 Å². The molecule has 0 bridgehead atoms. The summed E-state index contributed by atoms with van der Waals surface area (Å²) in [6.07, 6.45) is 1.64. The van der Waals surface area contributed by atoms with Crippen molar-refractivity contribution in [1.82, 2.24) is 9.88 Å². The fraction of sp³-hybridized carbons (Fsp3) is 0.200. The highest BCUT2D eigenvalue weighted by atomic mass is 35.5. The Morgan fingerprint density at radius 2 is 2.19 bits per heavy atom. The van der Waals surface area contributed by atoms with Crippen LogP contribution in [-0.4, -0.2) is 28.0 Å². The number of carboxylic acid groups (broad SMARTS) is 1. The molecule has 0 aliphatic heterocycles. The summed E-state index contributed by atoms with van der Waals surface area (Å²) in [5.74, 6) is -1.55. The Balaban J connectivity index is 2.28. The smallest absolute Gasteiger partial charge is 0.325 e. The molecule has 1 heterocycles. The predicted molar refractivity (Wildman–Crippen MR) is 77.5 cm³/mol. The minimum Gasteiger partial charge on any atom is -0.480 e. The van der Waals surface area contributed by atoms with Crippen LogP contribution in [-0.2, 0) is 11.3 Å². The number of carboxylic acids is 1. The number of halogens is 2. The third-order valence-electron chi connectivity index (χ3n) is 3.07. The molecule has 1 N–H and O–H groups in total. The normalized spacial score (nSPS) is 12.4. The van der Waals surface area contributed by atoms with Crippen molar-refractivity contribution in [3.63, 3.8) is 0 Å². The van der Waals surface area contributed by atoms with Gasteiger partial charge in [0.1, 0.15) is 11.9 Å². The van der Waals surface area contributed by atoms with Gasteiger partial charge in [-0.05, 0) is 36.9 Å². The lowest BCUT2D eigenvalue weighted by molar-refractivity contribution is -0.143. The van der Waals surface area contributed by atoms with E-state index >= 15 is 0 Å². The molecule has 0 fully saturated rings. The number of hydrogen-bond donors (Lipinski definition) is 1. The van der Waals surface area contributed by atoms with E-state index < -0.39 is 17.8 Å². The maximum atomic E-state index is 13.1. The average molecular weight is 309 g/mol. The van der Waals surface area contributed by atoms with Crippen LogP contribution in [0.2, 0.25) is 5.02 Å². The molecule has 4 nitrogen and oxygen atoms in total. The number of carbonyl (C=O) groups is 1. The van der Waals surface area contributed by atoms with Gasteiger partial charge >= 0.3 is 5.97 Å². The molecule has 110 valence electrons. The molecule has 2 rings (SSSR count). The molecule has 0 aliphatic carbocycles. The second kappa shape index (κ2) is 6.65. The second-order valence-corrected chi connectivity index (χ2v) is 5.05. The number of benzene rings is 1. The summed E-state index contributed by atoms with van der Waals surface area (Å²) >= 11 is 5.97. The number of rotatable bonds is 5. The van der Waals surface area contributed by atoms with Crippen molar-refractivity contribution in [3.8, 4) is 0 Å². The molecule has 0 saturated heterocycles. The molecule has 21 heavy (non-hydrogen) atoms. The zero-order valence-corrected chi connectivity index (χ0v) is 12.1. The van der Waals surface area contributed by atoms with Gasteiger partial charge in [-0.25, -0.2) is 4.39 Å². The highest BCUT2D eigenvalue weighted by molar-refractivity contribution is 6.31. The first-order chi connectivity index (χ1) is 9.99. The number of likely N-dealkylation sites (N-methyl/N-ethyl adjacent to an activating group) is 1. The Morgan fingerprint density at radius 1 is 1.43 bits per heavy atom. The highest BCUT2D eigenvalue weighted by Crippen LogP contribution is 2.28. The Bertz CT molecular complexity index is 637. The van der Waals surface area contributed by atoms with Crippen LogP contribution in [0.1, 0.15) is 17.3 Å². The first kappa shape index (κ1) is 15.4. The maximum absolute atomic E-state index is 13.1. The van der Waals surface area contributed by atoms with Crippen LogP contribution >= 0.6 is 11.6 Å². The fourth-order valence-electron chi connectivity index (χ4n) is 2.12. The number of nitrogens with zero attached hydrogens (tertiary/aromatic N) is 2. The molecular weight excluding hydrogens is 295 g/mol. The molecule has 2 aromatic rings. The number of pyridine rings is 1. The molecule has 1 aromatic carbocycles. The molecule has 0 amide bonds. The standard InChI is InChI=1S/C15H14ClFN2O2/c1-19(9-11-4-2-3-7-18-11)14(15(20)21)12-6-5-10(17)8-13(12)16/h2-8,14H,9H2,1H3,(H,20,21). The van der Waals surface area contributed by atoms with Crippen molar-refractivity contribution in [3.05, 3.63) is 64.7 Å². The minimum absolute atomic E-state index is 0.0928. The number of aliphatic carboxylic acids is 1. The molecule has 6 heteroatoms. The Morgan fingerprint density at radius 3 is 2.76 bits per heavy atom. The first-order valence-corrected chi connectivity index (χ1v) is 6.64. The Labute approximate surface area is 126 Å². The zero-order chi connectivity index (χ0) is 15.4. The van der Waals surface area contributed by atoms with E-state index in [-0.39, 0.29) is 5.02 Å². The largest absolute Gasteiger partial charge is 0.480 e. The van der Waals surface area contributed by atoms with Gasteiger partial charge in [0.2, 0.25) is 0 Å². The van der Waals surface area contributed by atoms with Gasteiger partial charge in [0, 0.05) is 17.8 Å². The quantitative estimate of drug-likeness (QED) is 0.922. The lowest BCUT2D eigenvalue weighted by atomic mass is 10.1. The zero-order valence-electron chi connectivity index (χ0n) is 11.3. The molecule has 0 aliphatic rings. The summed E-state index contributed by atoms with van der Waals surface area (Å²) in [7, 11) is 1.66. The van der Waals surface area contributed by atoms with Crippen LogP contribution in [0.3, 0.4) is 0 Å². The molecule has 0 saturated carbocycles. The third kappa shape index (κ3) is 3.77. The lowest BCUT2D eigenvalue weighted by Gasteiger charge is -2.25. The van der Waals surface area contributed by atoms with E-state index in [4.69, 9.17) is 11.6 Å². The van der Waals surface area contributed by atoms with Crippen molar-refractivity contribution < 1.29 is 14.3 Å². The fourth-order valence-corrected chi connectivity index (χ4v) is 2.39. The van der Waals surface area contributed by atoms with Crippen LogP contribution in [0, 0.1) is 5.82 Å². The molecule has 1 unspecified atom stereocenters. The number of aromatic nitrogens is 1. The molecular formula is C15H14ClFN2O2. The molecule has 0 spiro atoms. The van der Waals surface area contributed by atoms with Crippen molar-refractivity contribution >= 4 is 17.6 Å². The van der Waals surface area contributed by atoms with Gasteiger partial charge in [-0.2, -0.15) is 0 Å². The van der Waals surface area contributed by atoms with Crippen molar-refractivity contribution in [2.24, 2.45) is 0 Å². The molecule has 0 radical (unpaired) electrons. The van der Waals surface area contributed by atoms with E-state index in [9.17, 15) is 14.3 Å². The molecule has 1 aromatic heterocycles. The van der Waals surface area contributed by atoms with Crippen molar-refractivity contribution in [1.29, 1.82) is 0 Å². The SMILES string of the molecule is CN(Cc1ccccn1)C(C(=O)O)c1ccc(F)cc1Cl. The summed E-state index contributed by atoms with van der Waals surface area (Å²) in [5.41, 5.74) is 1.09. The monoisotopic (exact) mass is 308 g/mol. The van der Waals surface area contributed by atoms with Crippen LogP contribution in [0.25, 0.3) is 0 Å². The molecule has 1 atom stereocenters.